The number of hydrogen-bond acceptors (Lipinski definition) is 5. The van der Waals surface area contributed by atoms with Crippen molar-refractivity contribution in [1.29, 1.82) is 0 Å². The highest BCUT2D eigenvalue weighted by atomic mass is 32.1. The fourth-order valence-corrected chi connectivity index (χ4v) is 2.65. The first kappa shape index (κ1) is 11.0. The van der Waals surface area contributed by atoms with Crippen LogP contribution in [0.2, 0.25) is 0 Å². The number of hydrogen-bond donors (Lipinski definition) is 2. The first-order chi connectivity index (χ1) is 7.18. The molecule has 0 saturated carbocycles. The Balaban J connectivity index is 1.97. The number of aromatic nitrogens is 1. The van der Waals surface area contributed by atoms with Crippen LogP contribution in [0.4, 0.5) is 0 Å². The van der Waals surface area contributed by atoms with Gasteiger partial charge in [0.1, 0.15) is 0 Å². The maximum Gasteiger partial charge on any atom is 0.0948 e. The highest BCUT2D eigenvalue weighted by Gasteiger charge is 2.28. The zero-order valence-corrected chi connectivity index (χ0v) is 9.75. The standard InChI is InChI=1S/C10H16N2O2S/c1-6-10(15-5-11-6)7(2)12-8-3-14-4-9(8)13/h5,7-9,12-13H,3-4H2,1-2H3. The van der Waals surface area contributed by atoms with E-state index in [1.54, 1.807) is 11.3 Å². The minimum atomic E-state index is -0.388. The van der Waals surface area contributed by atoms with Crippen LogP contribution >= 0.6 is 11.3 Å². The molecule has 0 aliphatic carbocycles. The second kappa shape index (κ2) is 4.57. The predicted molar refractivity (Wildman–Crippen MR) is 59.0 cm³/mol. The van der Waals surface area contributed by atoms with E-state index in [0.29, 0.717) is 13.2 Å². The van der Waals surface area contributed by atoms with E-state index in [1.165, 1.54) is 4.88 Å². The van der Waals surface area contributed by atoms with Gasteiger partial charge in [-0.05, 0) is 13.8 Å². The average Bonchev–Trinajstić information content (AvgIpc) is 2.76. The number of aryl methyl sites for hydroxylation is 1. The van der Waals surface area contributed by atoms with Gasteiger partial charge in [0.25, 0.3) is 0 Å². The van der Waals surface area contributed by atoms with E-state index in [-0.39, 0.29) is 18.2 Å². The topological polar surface area (TPSA) is 54.4 Å². The molecular weight excluding hydrogens is 212 g/mol. The zero-order chi connectivity index (χ0) is 10.8. The summed E-state index contributed by atoms with van der Waals surface area (Å²) in [4.78, 5) is 5.45. The van der Waals surface area contributed by atoms with Gasteiger partial charge < -0.3 is 15.2 Å². The van der Waals surface area contributed by atoms with Crippen molar-refractivity contribution in [1.82, 2.24) is 10.3 Å². The van der Waals surface area contributed by atoms with Gasteiger partial charge >= 0.3 is 0 Å². The Bertz CT molecular complexity index is 329. The number of ether oxygens (including phenoxy) is 1. The molecule has 1 aromatic rings. The Hall–Kier alpha value is -0.490. The summed E-state index contributed by atoms with van der Waals surface area (Å²) in [5.41, 5.74) is 2.91. The lowest BCUT2D eigenvalue weighted by Gasteiger charge is -2.20. The summed E-state index contributed by atoms with van der Waals surface area (Å²) < 4.78 is 5.19. The van der Waals surface area contributed by atoms with Gasteiger partial charge in [0.15, 0.2) is 0 Å². The summed E-state index contributed by atoms with van der Waals surface area (Å²) in [5.74, 6) is 0. The van der Waals surface area contributed by atoms with Crippen LogP contribution in [0.3, 0.4) is 0 Å². The van der Waals surface area contributed by atoms with E-state index in [0.717, 1.165) is 5.69 Å². The Morgan fingerprint density at radius 1 is 1.67 bits per heavy atom. The Morgan fingerprint density at radius 3 is 3.00 bits per heavy atom. The molecule has 1 saturated heterocycles. The van der Waals surface area contributed by atoms with Crippen molar-refractivity contribution in [3.63, 3.8) is 0 Å². The monoisotopic (exact) mass is 228 g/mol. The molecule has 84 valence electrons. The first-order valence-electron chi connectivity index (χ1n) is 5.10. The minimum absolute atomic E-state index is 0.0431. The molecule has 0 amide bonds. The SMILES string of the molecule is Cc1ncsc1C(C)NC1COCC1O. The van der Waals surface area contributed by atoms with Gasteiger partial charge in [-0.3, -0.25) is 0 Å². The third-order valence-electron chi connectivity index (χ3n) is 2.69. The molecule has 1 fully saturated rings. The Kier molecular flexibility index (Phi) is 3.35. The molecule has 0 bridgehead atoms. The number of rotatable bonds is 3. The summed E-state index contributed by atoms with van der Waals surface area (Å²) in [7, 11) is 0. The summed E-state index contributed by atoms with van der Waals surface area (Å²) in [6.07, 6.45) is -0.388. The number of nitrogens with one attached hydrogen (secondary N) is 1. The van der Waals surface area contributed by atoms with Crippen LogP contribution in [0.1, 0.15) is 23.5 Å². The quantitative estimate of drug-likeness (QED) is 0.805. The average molecular weight is 228 g/mol. The molecule has 2 N–H and O–H groups in total. The van der Waals surface area contributed by atoms with E-state index in [1.807, 2.05) is 12.4 Å². The zero-order valence-electron chi connectivity index (χ0n) is 8.93. The molecule has 1 aliphatic rings. The van der Waals surface area contributed by atoms with Crippen LogP contribution in [0.5, 0.6) is 0 Å². The van der Waals surface area contributed by atoms with E-state index >= 15 is 0 Å². The molecule has 1 aliphatic heterocycles. The minimum Gasteiger partial charge on any atom is -0.389 e. The third-order valence-corrected chi connectivity index (χ3v) is 3.80. The van der Waals surface area contributed by atoms with Gasteiger partial charge in [-0.2, -0.15) is 0 Å². The molecule has 2 heterocycles. The van der Waals surface area contributed by atoms with Crippen LogP contribution in [-0.2, 0) is 4.74 Å². The first-order valence-corrected chi connectivity index (χ1v) is 5.98. The highest BCUT2D eigenvalue weighted by molar-refractivity contribution is 7.09. The van der Waals surface area contributed by atoms with E-state index in [2.05, 4.69) is 17.2 Å². The lowest BCUT2D eigenvalue weighted by atomic mass is 10.1. The van der Waals surface area contributed by atoms with Gasteiger partial charge in [0.05, 0.1) is 36.6 Å². The smallest absolute Gasteiger partial charge is 0.0948 e. The van der Waals surface area contributed by atoms with Gasteiger partial charge in [0.2, 0.25) is 0 Å². The number of thiazole rings is 1. The van der Waals surface area contributed by atoms with Crippen molar-refractivity contribution in [3.8, 4) is 0 Å². The molecule has 1 aromatic heterocycles. The molecule has 2 rings (SSSR count). The maximum absolute atomic E-state index is 9.60. The van der Waals surface area contributed by atoms with E-state index in [4.69, 9.17) is 4.74 Å². The highest BCUT2D eigenvalue weighted by Crippen LogP contribution is 2.22. The molecule has 3 unspecified atom stereocenters. The van der Waals surface area contributed by atoms with Crippen LogP contribution < -0.4 is 5.32 Å². The van der Waals surface area contributed by atoms with Crippen LogP contribution in [0, 0.1) is 6.92 Å². The number of aliphatic hydroxyl groups excluding tert-OH is 1. The second-order valence-electron chi connectivity index (χ2n) is 3.90. The molecule has 0 aromatic carbocycles. The van der Waals surface area contributed by atoms with E-state index in [9.17, 15) is 5.11 Å². The molecule has 0 spiro atoms. The van der Waals surface area contributed by atoms with Crippen LogP contribution in [-0.4, -0.2) is 35.5 Å². The summed E-state index contributed by atoms with van der Waals surface area (Å²) in [5, 5.41) is 13.0. The van der Waals surface area contributed by atoms with Gasteiger partial charge in [-0.15, -0.1) is 11.3 Å². The number of nitrogens with zero attached hydrogens (tertiary/aromatic N) is 1. The molecular formula is C10H16N2O2S. The Labute approximate surface area is 93.3 Å². The van der Waals surface area contributed by atoms with Gasteiger partial charge in [-0.25, -0.2) is 4.98 Å². The third kappa shape index (κ3) is 2.36. The van der Waals surface area contributed by atoms with Crippen LogP contribution in [0.15, 0.2) is 5.51 Å². The maximum atomic E-state index is 9.60. The van der Waals surface area contributed by atoms with Crippen molar-refractivity contribution < 1.29 is 9.84 Å². The molecule has 5 heteroatoms. The van der Waals surface area contributed by atoms with Crippen molar-refractivity contribution in [3.05, 3.63) is 16.1 Å². The van der Waals surface area contributed by atoms with Crippen LogP contribution in [0.25, 0.3) is 0 Å². The summed E-state index contributed by atoms with van der Waals surface area (Å²) in [6, 6.07) is 0.264. The van der Waals surface area contributed by atoms with Gasteiger partial charge in [0, 0.05) is 10.9 Å². The normalized spacial score (nSPS) is 28.2. The van der Waals surface area contributed by atoms with Crippen molar-refractivity contribution in [2.45, 2.75) is 32.0 Å². The van der Waals surface area contributed by atoms with E-state index < -0.39 is 0 Å². The van der Waals surface area contributed by atoms with Crippen molar-refractivity contribution >= 4 is 11.3 Å². The number of aliphatic hydroxyl groups is 1. The summed E-state index contributed by atoms with van der Waals surface area (Å²) >= 11 is 1.65. The molecule has 15 heavy (non-hydrogen) atoms. The molecule has 3 atom stereocenters. The Morgan fingerprint density at radius 2 is 2.47 bits per heavy atom. The van der Waals surface area contributed by atoms with Crippen molar-refractivity contribution in [2.24, 2.45) is 0 Å². The predicted octanol–water partition coefficient (Wildman–Crippen LogP) is 0.862. The summed E-state index contributed by atoms with van der Waals surface area (Å²) in [6.45, 7) is 5.12. The second-order valence-corrected chi connectivity index (χ2v) is 4.79. The molecule has 0 radical (unpaired) electrons. The fraction of sp³-hybridized carbons (Fsp3) is 0.700. The lowest BCUT2D eigenvalue weighted by Crippen LogP contribution is -2.40. The van der Waals surface area contributed by atoms with Crippen molar-refractivity contribution in [2.75, 3.05) is 13.2 Å². The largest absolute Gasteiger partial charge is 0.389 e. The van der Waals surface area contributed by atoms with Gasteiger partial charge in [-0.1, -0.05) is 0 Å². The lowest BCUT2D eigenvalue weighted by molar-refractivity contribution is 0.121. The molecule has 4 nitrogen and oxygen atoms in total. The fourth-order valence-electron chi connectivity index (χ4n) is 1.83.